The number of benzene rings is 1. The molecule has 3 heterocycles. The number of amides is 3. The molecule has 4 bridgehead atoms. The van der Waals surface area contributed by atoms with Gasteiger partial charge >= 0.3 is 12.1 Å². The number of anilines is 1. The monoisotopic (exact) mass is 779 g/mol. The van der Waals surface area contributed by atoms with E-state index in [1.165, 1.54) is 24.0 Å². The molecule has 294 valence electrons. The van der Waals surface area contributed by atoms with Gasteiger partial charge in [-0.25, -0.2) is 9.59 Å². The number of carbonyl (C=O) groups is 4. The first-order valence-electron chi connectivity index (χ1n) is 17.8. The van der Waals surface area contributed by atoms with Crippen molar-refractivity contribution in [3.63, 3.8) is 0 Å². The van der Waals surface area contributed by atoms with Crippen LogP contribution in [0.25, 0.3) is 0 Å². The number of aliphatic hydroxyl groups is 1. The molecule has 3 aliphatic heterocycles. The van der Waals surface area contributed by atoms with E-state index < -0.39 is 65.7 Å². The van der Waals surface area contributed by atoms with Crippen LogP contribution in [0.1, 0.15) is 66.4 Å². The third kappa shape index (κ3) is 9.88. The van der Waals surface area contributed by atoms with E-state index in [0.717, 1.165) is 11.1 Å². The lowest BCUT2D eigenvalue weighted by molar-refractivity contribution is -0.162. The second-order valence-electron chi connectivity index (χ2n) is 14.6. The van der Waals surface area contributed by atoms with Gasteiger partial charge in [0.1, 0.15) is 40.7 Å². The molecule has 1 aromatic rings. The summed E-state index contributed by atoms with van der Waals surface area (Å²) in [4.78, 5) is 56.4. The zero-order valence-corrected chi connectivity index (χ0v) is 33.8. The summed E-state index contributed by atoms with van der Waals surface area (Å²) in [5.74, 6) is -0.875. The normalized spacial score (nSPS) is 31.3. The SMILES string of the molecule is COc1cc2cc(c1Cl)N(C)C(=O)CC(OC(=O)[C@H](C)N(C)C(=O)CCSC(C)C)C1(C)OC1C(C)C1CC(O)(NC(=O)O1)C(OC)/C=C/C=C(\C)C2. The fraction of sp³-hybridized carbons (Fsp3) is 0.632. The second-order valence-corrected chi connectivity index (χ2v) is 16.6. The highest BCUT2D eigenvalue weighted by Crippen LogP contribution is 2.49. The smallest absolute Gasteiger partial charge is 0.409 e. The highest BCUT2D eigenvalue weighted by molar-refractivity contribution is 7.99. The summed E-state index contributed by atoms with van der Waals surface area (Å²) >= 11 is 8.41. The number of rotatable bonds is 9. The van der Waals surface area contributed by atoms with Gasteiger partial charge in [-0.15, -0.1) is 0 Å². The van der Waals surface area contributed by atoms with Crippen molar-refractivity contribution < 1.29 is 48.0 Å². The molecule has 53 heavy (non-hydrogen) atoms. The first-order chi connectivity index (χ1) is 24.8. The summed E-state index contributed by atoms with van der Waals surface area (Å²) in [6.45, 7) is 11.1. The molecule has 0 spiro atoms. The average molecular weight is 780 g/mol. The topological polar surface area (TPSA) is 156 Å². The third-order valence-electron chi connectivity index (χ3n) is 10.3. The van der Waals surface area contributed by atoms with Gasteiger partial charge in [-0.1, -0.05) is 56.2 Å². The van der Waals surface area contributed by atoms with Gasteiger partial charge in [-0.3, -0.25) is 14.9 Å². The van der Waals surface area contributed by atoms with E-state index in [-0.39, 0.29) is 30.2 Å². The van der Waals surface area contributed by atoms with E-state index in [0.29, 0.717) is 28.9 Å². The molecule has 2 N–H and O–H groups in total. The van der Waals surface area contributed by atoms with E-state index in [1.54, 1.807) is 70.9 Å². The van der Waals surface area contributed by atoms with Crippen molar-refractivity contribution in [3.8, 4) is 5.75 Å². The highest BCUT2D eigenvalue weighted by atomic mass is 35.5. The minimum atomic E-state index is -1.82. The minimum Gasteiger partial charge on any atom is -0.495 e. The standard InChI is InChI=1S/C38H54ClN3O10S/c1-21(2)53-15-14-31(43)41(7)24(5)35(45)51-30-19-32(44)42(8)26-17-25(18-27(48-9)33(26)39)16-22(3)12-11-13-29(49-10)38(47)20-28(50-36(46)40-38)23(4)34-37(30,6)52-34/h11-13,17-18,21,23-24,28-30,34,47H,14-16,19-20H2,1-10H3,(H,40,46)/b13-11+,22-12+/t23?,24-,28?,29?,30?,34?,37?,38?/m0/s1. The lowest BCUT2D eigenvalue weighted by Gasteiger charge is -2.42. The number of hydrogen-bond acceptors (Lipinski definition) is 11. The van der Waals surface area contributed by atoms with Crippen molar-refractivity contribution in [2.24, 2.45) is 5.92 Å². The Morgan fingerprint density at radius 2 is 1.92 bits per heavy atom. The molecule has 0 saturated carbocycles. The van der Waals surface area contributed by atoms with Crippen LogP contribution in [0, 0.1) is 5.92 Å². The fourth-order valence-electron chi connectivity index (χ4n) is 6.78. The molecule has 0 radical (unpaired) electrons. The van der Waals surface area contributed by atoms with Gasteiger partial charge in [0.2, 0.25) is 11.8 Å². The van der Waals surface area contributed by atoms with Crippen molar-refractivity contribution >= 4 is 52.9 Å². The highest BCUT2D eigenvalue weighted by Gasteiger charge is 2.64. The van der Waals surface area contributed by atoms with Gasteiger partial charge in [-0.05, 0) is 50.1 Å². The molecule has 2 saturated heterocycles. The minimum absolute atomic E-state index is 0.0450. The van der Waals surface area contributed by atoms with Crippen LogP contribution in [0.4, 0.5) is 10.5 Å². The summed E-state index contributed by atoms with van der Waals surface area (Å²) < 4.78 is 29.2. The molecule has 0 aliphatic carbocycles. The van der Waals surface area contributed by atoms with E-state index in [4.69, 9.17) is 35.3 Å². The van der Waals surface area contributed by atoms with E-state index in [9.17, 15) is 24.3 Å². The van der Waals surface area contributed by atoms with Gasteiger partial charge < -0.3 is 38.6 Å². The van der Waals surface area contributed by atoms with Gasteiger partial charge in [0, 0.05) is 45.7 Å². The number of carbonyl (C=O) groups excluding carboxylic acids is 4. The third-order valence-corrected chi connectivity index (χ3v) is 11.8. The Morgan fingerprint density at radius 3 is 2.57 bits per heavy atom. The van der Waals surface area contributed by atoms with Crippen molar-refractivity contribution in [3.05, 3.63) is 46.5 Å². The molecular formula is C38H54ClN3O10S. The number of nitrogens with one attached hydrogen (secondary N) is 1. The maximum Gasteiger partial charge on any atom is 0.409 e. The first-order valence-corrected chi connectivity index (χ1v) is 19.2. The second kappa shape index (κ2) is 17.4. The molecule has 3 aliphatic rings. The van der Waals surface area contributed by atoms with Gasteiger partial charge in [-0.2, -0.15) is 11.8 Å². The van der Waals surface area contributed by atoms with E-state index in [1.807, 2.05) is 26.8 Å². The van der Waals surface area contributed by atoms with Crippen LogP contribution in [0.3, 0.4) is 0 Å². The molecule has 7 unspecified atom stereocenters. The molecule has 8 atom stereocenters. The van der Waals surface area contributed by atoms with E-state index >= 15 is 0 Å². The van der Waals surface area contributed by atoms with Crippen molar-refractivity contribution in [1.29, 1.82) is 0 Å². The van der Waals surface area contributed by atoms with Gasteiger partial charge in [0.05, 0.1) is 25.3 Å². The zero-order valence-electron chi connectivity index (χ0n) is 32.3. The lowest BCUT2D eigenvalue weighted by Crippen LogP contribution is -2.63. The Bertz CT molecular complexity index is 1610. The van der Waals surface area contributed by atoms with Crippen LogP contribution in [0.5, 0.6) is 5.75 Å². The molecule has 0 aromatic heterocycles. The molecule has 3 amide bonds. The molecule has 1 aromatic carbocycles. The van der Waals surface area contributed by atoms with Crippen molar-refractivity contribution in [1.82, 2.24) is 10.2 Å². The van der Waals surface area contributed by atoms with Crippen molar-refractivity contribution in [2.45, 2.75) is 114 Å². The number of thioether (sulfide) groups is 1. The molecule has 15 heteroatoms. The summed E-state index contributed by atoms with van der Waals surface area (Å²) in [7, 11) is 6.06. The van der Waals surface area contributed by atoms with Crippen molar-refractivity contribution in [2.75, 3.05) is 39.0 Å². The predicted octanol–water partition coefficient (Wildman–Crippen LogP) is 5.05. The number of nitrogens with zero attached hydrogens (tertiary/aromatic N) is 2. The Labute approximate surface area is 321 Å². The zero-order chi connectivity index (χ0) is 39.4. The van der Waals surface area contributed by atoms with Crippen LogP contribution >= 0.6 is 23.4 Å². The lowest BCUT2D eigenvalue weighted by atomic mass is 9.83. The number of halogens is 1. The number of allylic oxidation sites excluding steroid dienone is 3. The quantitative estimate of drug-likeness (QED) is 0.256. The Balaban J connectivity index is 1.73. The maximum atomic E-state index is 14.1. The largest absolute Gasteiger partial charge is 0.495 e. The number of alkyl carbamates (subject to hydrolysis) is 1. The molecular weight excluding hydrogens is 726 g/mol. The molecule has 2 fully saturated rings. The molecule has 13 nitrogen and oxygen atoms in total. The van der Waals surface area contributed by atoms with Crippen LogP contribution in [0.2, 0.25) is 5.02 Å². The Morgan fingerprint density at radius 1 is 1.23 bits per heavy atom. The predicted molar refractivity (Wildman–Crippen MR) is 203 cm³/mol. The first kappa shape index (κ1) is 42.4. The number of likely N-dealkylation sites (N-methyl/N-ethyl adjacent to an activating group) is 1. The molecule has 4 rings (SSSR count). The van der Waals surface area contributed by atoms with Crippen LogP contribution in [-0.2, 0) is 39.8 Å². The summed E-state index contributed by atoms with van der Waals surface area (Å²) in [5, 5.41) is 14.8. The maximum absolute atomic E-state index is 14.1. The van der Waals surface area contributed by atoms with Gasteiger partial charge in [0.25, 0.3) is 0 Å². The number of fused-ring (bicyclic) bond motifs is 5. The fourth-order valence-corrected chi connectivity index (χ4v) is 7.85. The van der Waals surface area contributed by atoms with Crippen LogP contribution in [0.15, 0.2) is 35.9 Å². The van der Waals surface area contributed by atoms with E-state index in [2.05, 4.69) is 5.32 Å². The average Bonchev–Trinajstić information content (AvgIpc) is 3.79. The number of esters is 1. The number of epoxide rings is 1. The summed E-state index contributed by atoms with van der Waals surface area (Å²) in [6, 6.07) is 2.64. The van der Waals surface area contributed by atoms with Crippen LogP contribution < -0.4 is 15.0 Å². The Kier molecular flexibility index (Phi) is 14.0. The summed E-state index contributed by atoms with van der Waals surface area (Å²) in [6.07, 6.45) is 1.26. The number of ether oxygens (including phenoxy) is 5. The van der Waals surface area contributed by atoms with Crippen LogP contribution in [-0.4, -0.2) is 115 Å². The number of methoxy groups -OCH3 is 2. The Hall–Kier alpha value is -3.30. The number of hydrogen-bond donors (Lipinski definition) is 2. The van der Waals surface area contributed by atoms with Gasteiger partial charge in [0.15, 0.2) is 5.72 Å². The summed E-state index contributed by atoms with van der Waals surface area (Å²) in [5.41, 5.74) is -0.883.